The number of rotatable bonds is 7. The highest BCUT2D eigenvalue weighted by atomic mass is 32.2. The van der Waals surface area contributed by atoms with E-state index in [-0.39, 0.29) is 17.6 Å². The van der Waals surface area contributed by atoms with Gasteiger partial charge < -0.3 is 19.6 Å². The van der Waals surface area contributed by atoms with Crippen LogP contribution in [0.5, 0.6) is 0 Å². The Labute approximate surface area is 193 Å². The minimum atomic E-state index is -0.185. The highest BCUT2D eigenvalue weighted by molar-refractivity contribution is 8.01. The SMILES string of the molecule is Cc1cc(NC(=O)CSc2nnc(N3CCN(C(=O)C=Cc4ccccc4)CC3)s2)no1. The second kappa shape index (κ2) is 10.4. The Morgan fingerprint density at radius 2 is 1.97 bits per heavy atom. The zero-order valence-electron chi connectivity index (χ0n) is 17.4. The smallest absolute Gasteiger partial charge is 0.246 e. The summed E-state index contributed by atoms with van der Waals surface area (Å²) in [5.41, 5.74) is 1.00. The van der Waals surface area contributed by atoms with Gasteiger partial charge in [-0.3, -0.25) is 9.59 Å². The second-order valence-corrected chi connectivity index (χ2v) is 9.24. The Morgan fingerprint density at radius 3 is 2.69 bits per heavy atom. The number of amides is 2. The van der Waals surface area contributed by atoms with E-state index in [4.69, 9.17) is 4.52 Å². The zero-order valence-corrected chi connectivity index (χ0v) is 19.1. The Balaban J connectivity index is 1.22. The molecule has 1 N–H and O–H groups in total. The van der Waals surface area contributed by atoms with E-state index < -0.39 is 0 Å². The van der Waals surface area contributed by atoms with E-state index in [1.165, 1.54) is 23.1 Å². The molecule has 1 fully saturated rings. The van der Waals surface area contributed by atoms with Crippen LogP contribution in [0.2, 0.25) is 0 Å². The Hall–Kier alpha value is -3.18. The zero-order chi connectivity index (χ0) is 22.3. The van der Waals surface area contributed by atoms with E-state index in [9.17, 15) is 9.59 Å². The molecule has 0 bridgehead atoms. The Kier molecular flexibility index (Phi) is 7.17. The summed E-state index contributed by atoms with van der Waals surface area (Å²) in [6.45, 7) is 4.39. The first-order valence-electron chi connectivity index (χ1n) is 10.0. The number of hydrogen-bond donors (Lipinski definition) is 1. The maximum atomic E-state index is 12.4. The van der Waals surface area contributed by atoms with Gasteiger partial charge in [-0.2, -0.15) is 0 Å². The standard InChI is InChI=1S/C21H22N6O3S2/c1-15-13-17(25-30-15)22-18(28)14-31-21-24-23-20(32-21)27-11-9-26(10-12-27)19(29)8-7-16-5-3-2-4-6-16/h2-8,13H,9-12,14H2,1H3,(H,22,25,28). The third kappa shape index (κ3) is 5.95. The maximum Gasteiger partial charge on any atom is 0.246 e. The summed E-state index contributed by atoms with van der Waals surface area (Å²) >= 11 is 2.77. The van der Waals surface area contributed by atoms with Crippen LogP contribution in [0, 0.1) is 6.92 Å². The molecule has 1 aromatic carbocycles. The minimum Gasteiger partial charge on any atom is -0.360 e. The maximum absolute atomic E-state index is 12.4. The number of nitrogens with one attached hydrogen (secondary N) is 1. The van der Waals surface area contributed by atoms with Crippen LogP contribution in [0.25, 0.3) is 6.08 Å². The highest BCUT2D eigenvalue weighted by Crippen LogP contribution is 2.28. The lowest BCUT2D eigenvalue weighted by atomic mass is 10.2. The molecule has 4 rings (SSSR count). The summed E-state index contributed by atoms with van der Waals surface area (Å²) in [5.74, 6) is 1.07. The van der Waals surface area contributed by atoms with Crippen molar-refractivity contribution < 1.29 is 14.1 Å². The number of carbonyl (C=O) groups excluding carboxylic acids is 2. The summed E-state index contributed by atoms with van der Waals surface area (Å²) in [6.07, 6.45) is 3.46. The van der Waals surface area contributed by atoms with Crippen molar-refractivity contribution in [3.05, 3.63) is 53.8 Å². The van der Waals surface area contributed by atoms with Gasteiger partial charge in [-0.1, -0.05) is 58.6 Å². The second-order valence-electron chi connectivity index (χ2n) is 7.07. The van der Waals surface area contributed by atoms with Crippen molar-refractivity contribution in [1.82, 2.24) is 20.3 Å². The number of aromatic nitrogens is 3. The number of nitrogens with zero attached hydrogens (tertiary/aromatic N) is 5. The monoisotopic (exact) mass is 470 g/mol. The van der Waals surface area contributed by atoms with Gasteiger partial charge >= 0.3 is 0 Å². The quantitative estimate of drug-likeness (QED) is 0.415. The molecule has 0 saturated carbocycles. The molecule has 2 aromatic heterocycles. The molecular weight excluding hydrogens is 448 g/mol. The number of benzene rings is 1. The van der Waals surface area contributed by atoms with Crippen molar-refractivity contribution in [3.63, 3.8) is 0 Å². The molecule has 0 unspecified atom stereocenters. The van der Waals surface area contributed by atoms with Crippen molar-refractivity contribution in [2.45, 2.75) is 11.3 Å². The lowest BCUT2D eigenvalue weighted by molar-refractivity contribution is -0.126. The van der Waals surface area contributed by atoms with Gasteiger partial charge in [0.05, 0.1) is 5.75 Å². The van der Waals surface area contributed by atoms with Gasteiger partial charge in [-0.25, -0.2) is 0 Å². The van der Waals surface area contributed by atoms with Crippen molar-refractivity contribution in [2.24, 2.45) is 0 Å². The van der Waals surface area contributed by atoms with Crippen molar-refractivity contribution >= 4 is 51.9 Å². The first kappa shape index (κ1) is 22.0. The van der Waals surface area contributed by atoms with Crippen molar-refractivity contribution in [2.75, 3.05) is 42.1 Å². The van der Waals surface area contributed by atoms with E-state index in [2.05, 4.69) is 25.6 Å². The van der Waals surface area contributed by atoms with Crippen LogP contribution in [-0.2, 0) is 9.59 Å². The predicted molar refractivity (Wildman–Crippen MR) is 125 cm³/mol. The van der Waals surface area contributed by atoms with Crippen LogP contribution in [0.15, 0.2) is 51.3 Å². The molecule has 0 aliphatic carbocycles. The fourth-order valence-electron chi connectivity index (χ4n) is 3.08. The lowest BCUT2D eigenvalue weighted by Gasteiger charge is -2.33. The lowest BCUT2D eigenvalue weighted by Crippen LogP contribution is -2.48. The van der Waals surface area contributed by atoms with Gasteiger partial charge in [0.1, 0.15) is 5.76 Å². The van der Waals surface area contributed by atoms with Crippen LogP contribution < -0.4 is 10.2 Å². The molecule has 1 saturated heterocycles. The molecular formula is C21H22N6O3S2. The fraction of sp³-hybridized carbons (Fsp3) is 0.286. The van der Waals surface area contributed by atoms with E-state index in [1.807, 2.05) is 41.3 Å². The van der Waals surface area contributed by atoms with Crippen LogP contribution in [0.3, 0.4) is 0 Å². The number of thioether (sulfide) groups is 1. The van der Waals surface area contributed by atoms with Crippen LogP contribution in [0.4, 0.5) is 10.9 Å². The molecule has 1 aliphatic rings. The summed E-state index contributed by atoms with van der Waals surface area (Å²) in [6, 6.07) is 11.4. The molecule has 11 heteroatoms. The molecule has 1 aliphatic heterocycles. The molecule has 2 amide bonds. The molecule has 9 nitrogen and oxygen atoms in total. The fourth-order valence-corrected chi connectivity index (χ4v) is 4.77. The largest absolute Gasteiger partial charge is 0.360 e. The van der Waals surface area contributed by atoms with Gasteiger partial charge in [-0.05, 0) is 18.6 Å². The van der Waals surface area contributed by atoms with E-state index in [0.29, 0.717) is 37.8 Å². The van der Waals surface area contributed by atoms with E-state index >= 15 is 0 Å². The van der Waals surface area contributed by atoms with E-state index in [0.717, 1.165) is 15.0 Å². The molecule has 0 atom stereocenters. The average molecular weight is 471 g/mol. The first-order chi connectivity index (χ1) is 15.6. The van der Waals surface area contributed by atoms with Crippen molar-refractivity contribution in [1.29, 1.82) is 0 Å². The van der Waals surface area contributed by atoms with Crippen LogP contribution in [-0.4, -0.2) is 64.0 Å². The highest BCUT2D eigenvalue weighted by Gasteiger charge is 2.22. The molecule has 3 aromatic rings. The molecule has 0 spiro atoms. The number of hydrogen-bond acceptors (Lipinski definition) is 9. The molecule has 3 heterocycles. The number of anilines is 2. The van der Waals surface area contributed by atoms with Crippen LogP contribution >= 0.6 is 23.1 Å². The molecule has 0 radical (unpaired) electrons. The summed E-state index contributed by atoms with van der Waals surface area (Å²) < 4.78 is 5.65. The van der Waals surface area contributed by atoms with Gasteiger partial charge in [0.25, 0.3) is 0 Å². The van der Waals surface area contributed by atoms with Crippen molar-refractivity contribution in [3.8, 4) is 0 Å². The number of piperazine rings is 1. The Bertz CT molecular complexity index is 1090. The minimum absolute atomic E-state index is 0.00956. The summed E-state index contributed by atoms with van der Waals surface area (Å²) in [5, 5.41) is 15.6. The summed E-state index contributed by atoms with van der Waals surface area (Å²) in [4.78, 5) is 28.4. The third-order valence-electron chi connectivity index (χ3n) is 4.70. The summed E-state index contributed by atoms with van der Waals surface area (Å²) in [7, 11) is 0. The Morgan fingerprint density at radius 1 is 1.19 bits per heavy atom. The number of aryl methyl sites for hydroxylation is 1. The van der Waals surface area contributed by atoms with Gasteiger partial charge in [0, 0.05) is 38.3 Å². The molecule has 166 valence electrons. The van der Waals surface area contributed by atoms with E-state index in [1.54, 1.807) is 19.1 Å². The predicted octanol–water partition coefficient (Wildman–Crippen LogP) is 2.93. The first-order valence-corrected chi connectivity index (χ1v) is 11.8. The van der Waals surface area contributed by atoms with Crippen LogP contribution in [0.1, 0.15) is 11.3 Å². The average Bonchev–Trinajstić information content (AvgIpc) is 3.46. The topological polar surface area (TPSA) is 104 Å². The number of carbonyl (C=O) groups is 2. The van der Waals surface area contributed by atoms with Gasteiger partial charge in [-0.15, -0.1) is 10.2 Å². The third-order valence-corrected chi connectivity index (χ3v) is 6.82. The van der Waals surface area contributed by atoms with Gasteiger partial charge in [0.2, 0.25) is 16.9 Å². The normalized spacial score (nSPS) is 14.2. The van der Waals surface area contributed by atoms with Gasteiger partial charge in [0.15, 0.2) is 10.2 Å². The molecule has 32 heavy (non-hydrogen) atoms.